The van der Waals surface area contributed by atoms with Gasteiger partial charge >= 0.3 is 0 Å². The second-order valence-corrected chi connectivity index (χ2v) is 6.90. The van der Waals surface area contributed by atoms with Crippen molar-refractivity contribution in [1.82, 2.24) is 0 Å². The summed E-state index contributed by atoms with van der Waals surface area (Å²) in [5, 5.41) is 0. The fourth-order valence-corrected chi connectivity index (χ4v) is 3.51. The molecule has 6 heteroatoms. The minimum absolute atomic E-state index is 0.225. The molecule has 0 unspecified atom stereocenters. The maximum Gasteiger partial charge on any atom is 0.262 e. The van der Waals surface area contributed by atoms with Crippen molar-refractivity contribution < 1.29 is 8.42 Å². The molecule has 0 radical (unpaired) electrons. The van der Waals surface area contributed by atoms with Gasteiger partial charge in [0.15, 0.2) is 0 Å². The van der Waals surface area contributed by atoms with Crippen LogP contribution >= 0.6 is 15.9 Å². The average Bonchev–Trinajstić information content (AvgIpc) is 2.41. The Labute approximate surface area is 127 Å². The van der Waals surface area contributed by atoms with Crippen LogP contribution in [0.1, 0.15) is 12.5 Å². The normalized spacial score (nSPS) is 11.3. The van der Waals surface area contributed by atoms with Crippen LogP contribution in [0.15, 0.2) is 51.8 Å². The van der Waals surface area contributed by atoms with Crippen LogP contribution in [0.3, 0.4) is 0 Å². The van der Waals surface area contributed by atoms with Gasteiger partial charge in [0.2, 0.25) is 0 Å². The Morgan fingerprint density at radius 1 is 1.15 bits per heavy atom. The topological polar surface area (TPSA) is 72.2 Å². The van der Waals surface area contributed by atoms with E-state index in [1.54, 1.807) is 36.4 Å². The van der Waals surface area contributed by atoms with Gasteiger partial charge in [-0.3, -0.25) is 4.72 Å². The van der Waals surface area contributed by atoms with Gasteiger partial charge in [0.1, 0.15) is 0 Å². The molecule has 0 fully saturated rings. The van der Waals surface area contributed by atoms with Gasteiger partial charge in [0.05, 0.1) is 4.90 Å². The minimum Gasteiger partial charge on any atom is -0.399 e. The van der Waals surface area contributed by atoms with E-state index in [-0.39, 0.29) is 4.90 Å². The predicted molar refractivity (Wildman–Crippen MR) is 85.2 cm³/mol. The third kappa shape index (κ3) is 3.32. The molecule has 20 heavy (non-hydrogen) atoms. The highest BCUT2D eigenvalue weighted by atomic mass is 79.9. The Kier molecular flexibility index (Phi) is 4.35. The van der Waals surface area contributed by atoms with Crippen LogP contribution in [-0.4, -0.2) is 8.42 Å². The Morgan fingerprint density at radius 2 is 1.80 bits per heavy atom. The van der Waals surface area contributed by atoms with E-state index < -0.39 is 10.0 Å². The summed E-state index contributed by atoms with van der Waals surface area (Å²) < 4.78 is 28.3. The molecule has 2 aromatic carbocycles. The molecule has 0 saturated carbocycles. The lowest BCUT2D eigenvalue weighted by Crippen LogP contribution is -2.15. The molecule has 2 aromatic rings. The molecule has 0 amide bonds. The molecule has 3 N–H and O–H groups in total. The molecule has 106 valence electrons. The molecule has 0 atom stereocenters. The maximum atomic E-state index is 12.4. The molecule has 4 nitrogen and oxygen atoms in total. The van der Waals surface area contributed by atoms with E-state index in [4.69, 9.17) is 5.73 Å². The van der Waals surface area contributed by atoms with Crippen LogP contribution < -0.4 is 10.5 Å². The van der Waals surface area contributed by atoms with Gasteiger partial charge in [-0.1, -0.05) is 28.9 Å². The van der Waals surface area contributed by atoms with Crippen LogP contribution in [0.2, 0.25) is 0 Å². The number of anilines is 2. The largest absolute Gasteiger partial charge is 0.399 e. The fourth-order valence-electron chi connectivity index (χ4n) is 1.84. The van der Waals surface area contributed by atoms with Crippen molar-refractivity contribution in [3.8, 4) is 0 Å². The van der Waals surface area contributed by atoms with Crippen molar-refractivity contribution >= 4 is 37.3 Å². The lowest BCUT2D eigenvalue weighted by Gasteiger charge is -2.12. The van der Waals surface area contributed by atoms with Crippen LogP contribution in [0.4, 0.5) is 11.4 Å². The van der Waals surface area contributed by atoms with Gasteiger partial charge in [-0.05, 0) is 48.4 Å². The predicted octanol–water partition coefficient (Wildman–Crippen LogP) is 3.39. The number of nitrogens with one attached hydrogen (secondary N) is 1. The monoisotopic (exact) mass is 354 g/mol. The van der Waals surface area contributed by atoms with E-state index in [1.165, 1.54) is 6.07 Å². The SMILES string of the molecule is CCc1ccc(N)cc1S(=O)(=O)Nc1ccc(Br)cc1. The Balaban J connectivity index is 2.40. The van der Waals surface area contributed by atoms with Crippen molar-refractivity contribution in [3.63, 3.8) is 0 Å². The zero-order chi connectivity index (χ0) is 14.8. The first-order chi connectivity index (χ1) is 9.42. The van der Waals surface area contributed by atoms with Crippen LogP contribution in [0, 0.1) is 0 Å². The van der Waals surface area contributed by atoms with Crippen molar-refractivity contribution in [2.45, 2.75) is 18.2 Å². The van der Waals surface area contributed by atoms with Crippen LogP contribution in [0.5, 0.6) is 0 Å². The number of sulfonamides is 1. The first kappa shape index (κ1) is 14.9. The van der Waals surface area contributed by atoms with Gasteiger partial charge in [-0.25, -0.2) is 8.42 Å². The number of halogens is 1. The standard InChI is InChI=1S/C14H15BrN2O2S/c1-2-10-3-6-12(16)9-14(10)20(18,19)17-13-7-4-11(15)5-8-13/h3-9,17H,2,16H2,1H3. The van der Waals surface area contributed by atoms with Crippen LogP contribution in [-0.2, 0) is 16.4 Å². The molecule has 0 bridgehead atoms. The van der Waals surface area contributed by atoms with Crippen molar-refractivity contribution in [2.24, 2.45) is 0 Å². The molecule has 0 aliphatic heterocycles. The lowest BCUT2D eigenvalue weighted by atomic mass is 10.1. The number of benzene rings is 2. The van der Waals surface area contributed by atoms with Gasteiger partial charge in [-0.15, -0.1) is 0 Å². The number of aryl methyl sites for hydroxylation is 1. The molecule has 0 saturated heterocycles. The zero-order valence-corrected chi connectivity index (χ0v) is 13.3. The molecule has 0 aliphatic carbocycles. The van der Waals surface area contributed by atoms with E-state index in [2.05, 4.69) is 20.7 Å². The summed E-state index contributed by atoms with van der Waals surface area (Å²) in [5.74, 6) is 0. The molecule has 0 spiro atoms. The Hall–Kier alpha value is -1.53. The molecular weight excluding hydrogens is 340 g/mol. The number of rotatable bonds is 4. The van der Waals surface area contributed by atoms with Crippen LogP contribution in [0.25, 0.3) is 0 Å². The van der Waals surface area contributed by atoms with E-state index in [1.807, 2.05) is 6.92 Å². The van der Waals surface area contributed by atoms with Gasteiger partial charge in [-0.2, -0.15) is 0 Å². The average molecular weight is 355 g/mol. The quantitative estimate of drug-likeness (QED) is 0.826. The Bertz CT molecular complexity index is 712. The first-order valence-corrected chi connectivity index (χ1v) is 8.37. The van der Waals surface area contributed by atoms with Gasteiger partial charge in [0.25, 0.3) is 10.0 Å². The lowest BCUT2D eigenvalue weighted by molar-refractivity contribution is 0.600. The number of nitrogen functional groups attached to an aromatic ring is 1. The first-order valence-electron chi connectivity index (χ1n) is 6.09. The van der Waals surface area contributed by atoms with Gasteiger partial charge in [0, 0.05) is 15.8 Å². The summed E-state index contributed by atoms with van der Waals surface area (Å²) in [4.78, 5) is 0.225. The second-order valence-electron chi connectivity index (χ2n) is 4.33. The van der Waals surface area contributed by atoms with E-state index in [9.17, 15) is 8.42 Å². The number of hydrogen-bond donors (Lipinski definition) is 2. The summed E-state index contributed by atoms with van der Waals surface area (Å²) in [6, 6.07) is 11.9. The molecule has 0 aromatic heterocycles. The van der Waals surface area contributed by atoms with E-state index in [0.29, 0.717) is 17.8 Å². The summed E-state index contributed by atoms with van der Waals surface area (Å²) in [7, 11) is -3.64. The smallest absolute Gasteiger partial charge is 0.262 e. The summed E-state index contributed by atoms with van der Waals surface area (Å²) >= 11 is 3.31. The zero-order valence-electron chi connectivity index (χ0n) is 10.9. The highest BCUT2D eigenvalue weighted by molar-refractivity contribution is 9.10. The Morgan fingerprint density at radius 3 is 2.40 bits per heavy atom. The number of hydrogen-bond acceptors (Lipinski definition) is 3. The van der Waals surface area contributed by atoms with Crippen molar-refractivity contribution in [3.05, 3.63) is 52.5 Å². The second kappa shape index (κ2) is 5.85. The van der Waals surface area contributed by atoms with Gasteiger partial charge < -0.3 is 5.73 Å². The summed E-state index contributed by atoms with van der Waals surface area (Å²) in [6.07, 6.45) is 0.622. The molecule has 0 aliphatic rings. The van der Waals surface area contributed by atoms with Crippen molar-refractivity contribution in [1.29, 1.82) is 0 Å². The third-order valence-electron chi connectivity index (χ3n) is 2.86. The summed E-state index contributed by atoms with van der Waals surface area (Å²) in [6.45, 7) is 1.91. The highest BCUT2D eigenvalue weighted by Crippen LogP contribution is 2.23. The molecular formula is C14H15BrN2O2S. The summed E-state index contributed by atoms with van der Waals surface area (Å²) in [5.41, 5.74) is 7.37. The highest BCUT2D eigenvalue weighted by Gasteiger charge is 2.18. The van der Waals surface area contributed by atoms with Crippen molar-refractivity contribution in [2.75, 3.05) is 10.5 Å². The minimum atomic E-state index is -3.64. The third-order valence-corrected chi connectivity index (χ3v) is 4.85. The number of nitrogens with two attached hydrogens (primary N) is 1. The van der Waals surface area contributed by atoms with E-state index >= 15 is 0 Å². The fraction of sp³-hybridized carbons (Fsp3) is 0.143. The maximum absolute atomic E-state index is 12.4. The van der Waals surface area contributed by atoms with E-state index in [0.717, 1.165) is 10.0 Å². The molecule has 0 heterocycles. The molecule has 2 rings (SSSR count).